The van der Waals surface area contributed by atoms with E-state index in [1.807, 2.05) is 24.3 Å². The molecule has 0 fully saturated rings. The van der Waals surface area contributed by atoms with E-state index in [9.17, 15) is 0 Å². The number of rotatable bonds is 2. The molecule has 180 valence electrons. The summed E-state index contributed by atoms with van der Waals surface area (Å²) >= 11 is 6.15. The van der Waals surface area contributed by atoms with Gasteiger partial charge in [-0.3, -0.25) is 0 Å². The fraction of sp³-hybridized carbons (Fsp3) is 0.188. The van der Waals surface area contributed by atoms with Crippen molar-refractivity contribution in [2.24, 2.45) is 0 Å². The van der Waals surface area contributed by atoms with Gasteiger partial charge in [0, 0.05) is 5.02 Å². The molecule has 0 spiro atoms. The van der Waals surface area contributed by atoms with E-state index in [-0.39, 0.29) is 36.6 Å². The van der Waals surface area contributed by atoms with Crippen LogP contribution in [-0.4, -0.2) is 7.11 Å². The van der Waals surface area contributed by atoms with Gasteiger partial charge in [-0.25, -0.2) is 6.07 Å². The minimum absolute atomic E-state index is 0. The van der Waals surface area contributed by atoms with Gasteiger partial charge in [0.05, 0.1) is 12.9 Å². The molecule has 0 saturated heterocycles. The summed E-state index contributed by atoms with van der Waals surface area (Å²) in [6, 6.07) is 29.4. The topological polar surface area (TPSA) is 9.23 Å². The third-order valence-electron chi connectivity index (χ3n) is 5.87. The van der Waals surface area contributed by atoms with Gasteiger partial charge >= 0.3 is 21.7 Å². The molecule has 0 unspecified atom stereocenters. The van der Waals surface area contributed by atoms with Crippen molar-refractivity contribution < 1.29 is 26.5 Å². The molecule has 0 radical (unpaired) electrons. The van der Waals surface area contributed by atoms with Gasteiger partial charge in [-0.15, -0.1) is 28.3 Å². The summed E-state index contributed by atoms with van der Waals surface area (Å²) in [4.78, 5) is 0. The van der Waals surface area contributed by atoms with Gasteiger partial charge < -0.3 is 19.6 Å². The largest absolute Gasteiger partial charge is 4.00 e. The third-order valence-corrected chi connectivity index (χ3v) is 6.10. The van der Waals surface area contributed by atoms with Crippen molar-refractivity contribution in [1.82, 2.24) is 0 Å². The summed E-state index contributed by atoms with van der Waals surface area (Å²) < 4.78 is 5.58. The maximum Gasteiger partial charge on any atom is 4.00 e. The molecule has 0 aromatic heterocycles. The Balaban J connectivity index is 0.000000407. The average Bonchev–Trinajstić information content (AvgIpc) is 3.37. The number of halogens is 1. The minimum atomic E-state index is 0. The van der Waals surface area contributed by atoms with Crippen LogP contribution in [0.25, 0.3) is 32.7 Å². The molecule has 0 aliphatic carbocycles. The molecule has 0 atom stereocenters. The van der Waals surface area contributed by atoms with Crippen LogP contribution < -0.4 is 4.74 Å². The number of hydrogen-bond donors (Lipinski definition) is 0. The molecule has 35 heavy (non-hydrogen) atoms. The second-order valence-electron chi connectivity index (χ2n) is 9.27. The van der Waals surface area contributed by atoms with Crippen LogP contribution in [0, 0.1) is 21.8 Å². The van der Waals surface area contributed by atoms with Gasteiger partial charge in [-0.05, 0) is 6.07 Å². The molecular weight excluding hydrogens is 484 g/mol. The zero-order chi connectivity index (χ0) is 22.9. The Morgan fingerprint density at radius 1 is 0.914 bits per heavy atom. The van der Waals surface area contributed by atoms with Gasteiger partial charge in [-0.1, -0.05) is 110 Å². The Hall–Kier alpha value is -2.32. The van der Waals surface area contributed by atoms with Crippen LogP contribution in [0.15, 0.2) is 84.9 Å². The number of aryl methyl sites for hydroxylation is 1. The van der Waals surface area contributed by atoms with Crippen LogP contribution in [0.2, 0.25) is 5.02 Å². The van der Waals surface area contributed by atoms with Crippen molar-refractivity contribution in [2.75, 3.05) is 7.11 Å². The molecule has 5 aromatic rings. The molecular formula is C32H35ClOTi. The van der Waals surface area contributed by atoms with Crippen LogP contribution in [0.3, 0.4) is 0 Å². The van der Waals surface area contributed by atoms with Crippen molar-refractivity contribution in [1.29, 1.82) is 0 Å². The molecule has 0 bridgehead atoms. The van der Waals surface area contributed by atoms with Crippen molar-refractivity contribution >= 4 is 33.1 Å². The normalized spacial score (nSPS) is 10.5. The van der Waals surface area contributed by atoms with Crippen molar-refractivity contribution in [2.45, 2.75) is 33.1 Å². The third kappa shape index (κ3) is 6.67. The predicted octanol–water partition coefficient (Wildman–Crippen LogP) is 9.95. The van der Waals surface area contributed by atoms with E-state index in [2.05, 4.69) is 88.4 Å². The second-order valence-corrected chi connectivity index (χ2v) is 9.71. The van der Waals surface area contributed by atoms with E-state index in [0.29, 0.717) is 5.41 Å². The number of fused-ring (bicyclic) bond motifs is 3. The minimum Gasteiger partial charge on any atom is -0.505 e. The Morgan fingerprint density at radius 2 is 1.60 bits per heavy atom. The van der Waals surface area contributed by atoms with Gasteiger partial charge in [-0.2, -0.15) is 23.3 Å². The summed E-state index contributed by atoms with van der Waals surface area (Å²) in [5.41, 5.74) is 5.53. The summed E-state index contributed by atoms with van der Waals surface area (Å²) in [6.07, 6.45) is 0. The molecule has 3 heteroatoms. The first-order valence-corrected chi connectivity index (χ1v) is 11.3. The van der Waals surface area contributed by atoms with Gasteiger partial charge in [0.25, 0.3) is 0 Å². The van der Waals surface area contributed by atoms with E-state index in [4.69, 9.17) is 16.3 Å². The van der Waals surface area contributed by atoms with Crippen LogP contribution in [0.1, 0.15) is 31.9 Å². The second kappa shape index (κ2) is 12.6. The van der Waals surface area contributed by atoms with Crippen LogP contribution in [0.4, 0.5) is 0 Å². The summed E-state index contributed by atoms with van der Waals surface area (Å²) in [5.74, 6) is 0.895. The summed E-state index contributed by atoms with van der Waals surface area (Å²) in [5, 5.41) is 5.42. The summed E-state index contributed by atoms with van der Waals surface area (Å²) in [6.45, 7) is 8.85. The smallest absolute Gasteiger partial charge is 0.505 e. The van der Waals surface area contributed by atoms with E-state index in [1.54, 1.807) is 7.11 Å². The quantitative estimate of drug-likeness (QED) is 0.167. The maximum absolute atomic E-state index is 6.15. The van der Waals surface area contributed by atoms with Gasteiger partial charge in [0.2, 0.25) is 0 Å². The number of ether oxygens (including phenoxy) is 1. The first-order chi connectivity index (χ1) is 15.3. The zero-order valence-corrected chi connectivity index (χ0v) is 24.2. The van der Waals surface area contributed by atoms with Crippen molar-refractivity contribution in [3.8, 4) is 16.9 Å². The molecule has 0 heterocycles. The number of hydrogen-bond acceptors (Lipinski definition) is 1. The Kier molecular flexibility index (Phi) is 11.0. The molecule has 5 aromatic carbocycles. The first-order valence-electron chi connectivity index (χ1n) is 10.9. The Bertz CT molecular complexity index is 1350. The number of benzene rings is 3. The van der Waals surface area contributed by atoms with Crippen LogP contribution >= 0.6 is 11.6 Å². The van der Waals surface area contributed by atoms with E-state index in [1.165, 1.54) is 33.0 Å². The van der Waals surface area contributed by atoms with Crippen molar-refractivity contribution in [3.05, 3.63) is 116 Å². The van der Waals surface area contributed by atoms with Gasteiger partial charge in [0.15, 0.2) is 0 Å². The van der Waals surface area contributed by atoms with Crippen LogP contribution in [-0.2, 0) is 27.1 Å². The standard InChI is InChI=1S/C20H14ClO.C10H15.2CH3.Ti/c1-22-19-10-9-16(13-5-3-2-4-6-13)18-12-14-11-15(21)7-8-17(14)20(18)19;1-8-5-6-9(7-8)10(2,3)4;;;/h2-12H,1H3;5-7H,1-4H3;2*1H3;/q4*-1;+4. The molecule has 0 N–H and O–H groups in total. The SMILES string of the molecule is COc1ccc(-c2ccccc2)c2[cH-]c3cc(Cl)ccc3c12.C[c-]1ccc(C(C)(C)C)c1.[CH3-].[CH3-].[Ti+4]. The molecule has 1 nitrogen and oxygen atoms in total. The monoisotopic (exact) mass is 518 g/mol. The van der Waals surface area contributed by atoms with E-state index in [0.717, 1.165) is 21.5 Å². The first kappa shape index (κ1) is 30.7. The zero-order valence-electron chi connectivity index (χ0n) is 21.9. The molecule has 0 aliphatic rings. The van der Waals surface area contributed by atoms with Gasteiger partial charge in [0.1, 0.15) is 0 Å². The maximum atomic E-state index is 6.15. The molecule has 0 amide bonds. The Morgan fingerprint density at radius 3 is 2.14 bits per heavy atom. The van der Waals surface area contributed by atoms with Crippen molar-refractivity contribution in [3.63, 3.8) is 0 Å². The molecule has 0 saturated carbocycles. The fourth-order valence-electron chi connectivity index (χ4n) is 4.13. The molecule has 5 rings (SSSR count). The fourth-order valence-corrected chi connectivity index (χ4v) is 4.31. The average molecular weight is 519 g/mol. The number of methoxy groups -OCH3 is 1. The van der Waals surface area contributed by atoms with Crippen LogP contribution in [0.5, 0.6) is 5.75 Å². The van der Waals surface area contributed by atoms with E-state index >= 15 is 0 Å². The Labute approximate surface area is 231 Å². The van der Waals surface area contributed by atoms with E-state index < -0.39 is 0 Å². The summed E-state index contributed by atoms with van der Waals surface area (Å²) in [7, 11) is 1.71. The predicted molar refractivity (Wildman–Crippen MR) is 152 cm³/mol. The molecule has 0 aliphatic heterocycles.